The number of hydrogen-bond donors (Lipinski definition) is 2. The van der Waals surface area contributed by atoms with Crippen molar-refractivity contribution in [2.24, 2.45) is 0 Å². The first-order valence-corrected chi connectivity index (χ1v) is 7.99. The molecule has 7 heteroatoms. The quantitative estimate of drug-likeness (QED) is 0.549. The van der Waals surface area contributed by atoms with Crippen LogP contribution in [0, 0.1) is 3.57 Å². The van der Waals surface area contributed by atoms with E-state index < -0.39 is 18.1 Å². The monoisotopic (exact) mass is 416 g/mol. The van der Waals surface area contributed by atoms with Crippen molar-refractivity contribution in [2.75, 3.05) is 7.11 Å². The fourth-order valence-electron chi connectivity index (χ4n) is 2.27. The maximum absolute atomic E-state index is 12.1. The second-order valence-corrected chi connectivity index (χ2v) is 6.32. The van der Waals surface area contributed by atoms with Gasteiger partial charge in [0.1, 0.15) is 12.1 Å². The average Bonchev–Trinajstić information content (AvgIpc) is 2.94. The third kappa shape index (κ3) is 4.43. The summed E-state index contributed by atoms with van der Waals surface area (Å²) in [6.07, 6.45) is 1.12. The number of carbonyl (C=O) groups excluding carboxylic acids is 3. The molecule has 1 fully saturated rings. The van der Waals surface area contributed by atoms with Crippen LogP contribution in [0.2, 0.25) is 0 Å². The Morgan fingerprint density at radius 1 is 1.41 bits per heavy atom. The van der Waals surface area contributed by atoms with Crippen molar-refractivity contribution in [1.82, 2.24) is 10.6 Å². The molecule has 0 unspecified atom stereocenters. The summed E-state index contributed by atoms with van der Waals surface area (Å²) in [6, 6.07) is 6.33. The van der Waals surface area contributed by atoms with Crippen LogP contribution in [0.1, 0.15) is 18.4 Å². The molecular formula is C15H17IN2O4. The number of amides is 2. The Morgan fingerprint density at radius 3 is 2.64 bits per heavy atom. The van der Waals surface area contributed by atoms with E-state index in [9.17, 15) is 14.4 Å². The number of nitrogens with one attached hydrogen (secondary N) is 2. The highest BCUT2D eigenvalue weighted by atomic mass is 127. The van der Waals surface area contributed by atoms with Crippen LogP contribution >= 0.6 is 22.6 Å². The summed E-state index contributed by atoms with van der Waals surface area (Å²) in [4.78, 5) is 35.2. The van der Waals surface area contributed by atoms with E-state index in [4.69, 9.17) is 4.74 Å². The lowest BCUT2D eigenvalue weighted by Crippen LogP contribution is -2.49. The predicted octanol–water partition coefficient (Wildman–Crippen LogP) is 0.770. The maximum Gasteiger partial charge on any atom is 0.328 e. The SMILES string of the molecule is COC(=O)[C@@H](Cc1ccc(I)cc1)NC(=O)[C@@H]1CCC(=O)N1. The lowest BCUT2D eigenvalue weighted by Gasteiger charge is -2.19. The van der Waals surface area contributed by atoms with E-state index in [0.717, 1.165) is 9.13 Å². The second kappa shape index (κ2) is 7.57. The minimum atomic E-state index is -0.768. The number of methoxy groups -OCH3 is 1. The van der Waals surface area contributed by atoms with E-state index in [2.05, 4.69) is 33.2 Å². The van der Waals surface area contributed by atoms with E-state index in [1.165, 1.54) is 7.11 Å². The molecule has 2 N–H and O–H groups in total. The summed E-state index contributed by atoms with van der Waals surface area (Å²) in [5, 5.41) is 5.25. The Hall–Kier alpha value is -1.64. The first-order valence-electron chi connectivity index (χ1n) is 6.91. The molecule has 1 saturated heterocycles. The van der Waals surface area contributed by atoms with Crippen LogP contribution in [0.4, 0.5) is 0 Å². The minimum absolute atomic E-state index is 0.146. The van der Waals surface area contributed by atoms with Gasteiger partial charge in [0.25, 0.3) is 0 Å². The van der Waals surface area contributed by atoms with Gasteiger partial charge in [-0.1, -0.05) is 12.1 Å². The number of rotatable bonds is 5. The van der Waals surface area contributed by atoms with Crippen molar-refractivity contribution in [3.63, 3.8) is 0 Å². The van der Waals surface area contributed by atoms with Crippen molar-refractivity contribution in [2.45, 2.75) is 31.3 Å². The molecule has 118 valence electrons. The molecule has 0 spiro atoms. The molecule has 2 atom stereocenters. The molecule has 1 heterocycles. The van der Waals surface area contributed by atoms with Gasteiger partial charge in [-0.25, -0.2) is 4.79 Å². The third-order valence-corrected chi connectivity index (χ3v) is 4.19. The van der Waals surface area contributed by atoms with Gasteiger partial charge in [0.05, 0.1) is 7.11 Å². The Balaban J connectivity index is 2.02. The molecule has 1 aliphatic rings. The Bertz CT molecular complexity index is 573. The molecule has 0 bridgehead atoms. The van der Waals surface area contributed by atoms with Gasteiger partial charge in [0.2, 0.25) is 11.8 Å². The van der Waals surface area contributed by atoms with E-state index in [1.54, 1.807) is 0 Å². The lowest BCUT2D eigenvalue weighted by atomic mass is 10.1. The van der Waals surface area contributed by atoms with Gasteiger partial charge in [0.15, 0.2) is 0 Å². The Labute approximate surface area is 142 Å². The minimum Gasteiger partial charge on any atom is -0.467 e. The van der Waals surface area contributed by atoms with E-state index in [-0.39, 0.29) is 11.8 Å². The fourth-order valence-corrected chi connectivity index (χ4v) is 2.63. The van der Waals surface area contributed by atoms with Gasteiger partial charge in [-0.15, -0.1) is 0 Å². The van der Waals surface area contributed by atoms with Crippen LogP contribution < -0.4 is 10.6 Å². The van der Waals surface area contributed by atoms with Crippen molar-refractivity contribution >= 4 is 40.4 Å². The highest BCUT2D eigenvalue weighted by molar-refractivity contribution is 14.1. The Kier molecular flexibility index (Phi) is 5.76. The zero-order chi connectivity index (χ0) is 16.1. The van der Waals surface area contributed by atoms with Gasteiger partial charge >= 0.3 is 5.97 Å². The zero-order valence-electron chi connectivity index (χ0n) is 12.1. The number of halogens is 1. The molecule has 0 aliphatic carbocycles. The summed E-state index contributed by atoms with van der Waals surface area (Å²) < 4.78 is 5.84. The first kappa shape index (κ1) is 16.7. The number of hydrogen-bond acceptors (Lipinski definition) is 4. The number of ether oxygens (including phenoxy) is 1. The highest BCUT2D eigenvalue weighted by Gasteiger charge is 2.30. The summed E-state index contributed by atoms with van der Waals surface area (Å²) in [6.45, 7) is 0. The number of esters is 1. The Morgan fingerprint density at radius 2 is 2.09 bits per heavy atom. The largest absolute Gasteiger partial charge is 0.467 e. The van der Waals surface area contributed by atoms with Gasteiger partial charge in [-0.3, -0.25) is 9.59 Å². The van der Waals surface area contributed by atoms with E-state index in [0.29, 0.717) is 19.3 Å². The van der Waals surface area contributed by atoms with Crippen molar-refractivity contribution in [3.8, 4) is 0 Å². The van der Waals surface area contributed by atoms with Crippen LogP contribution in [0.3, 0.4) is 0 Å². The summed E-state index contributed by atoms with van der Waals surface area (Å²) in [5.41, 5.74) is 0.923. The predicted molar refractivity (Wildman–Crippen MR) is 88.0 cm³/mol. The normalized spacial score (nSPS) is 18.5. The topological polar surface area (TPSA) is 84.5 Å². The average molecular weight is 416 g/mol. The zero-order valence-corrected chi connectivity index (χ0v) is 14.3. The van der Waals surface area contributed by atoms with Gasteiger partial charge in [-0.2, -0.15) is 0 Å². The molecule has 0 radical (unpaired) electrons. The van der Waals surface area contributed by atoms with E-state index >= 15 is 0 Å². The van der Waals surface area contributed by atoms with Gasteiger partial charge < -0.3 is 15.4 Å². The van der Waals surface area contributed by atoms with Crippen LogP contribution in [-0.2, 0) is 25.5 Å². The molecule has 1 aromatic carbocycles. The maximum atomic E-state index is 12.1. The van der Waals surface area contributed by atoms with E-state index in [1.807, 2.05) is 24.3 Å². The van der Waals surface area contributed by atoms with Crippen LogP contribution in [0.25, 0.3) is 0 Å². The van der Waals surface area contributed by atoms with Gasteiger partial charge in [0, 0.05) is 16.4 Å². The first-order chi connectivity index (χ1) is 10.5. The summed E-state index contributed by atoms with van der Waals surface area (Å²) in [5.74, 6) is -1.00. The van der Waals surface area contributed by atoms with Crippen LogP contribution in [0.5, 0.6) is 0 Å². The molecular weight excluding hydrogens is 399 g/mol. The van der Waals surface area contributed by atoms with Crippen molar-refractivity contribution in [3.05, 3.63) is 33.4 Å². The van der Waals surface area contributed by atoms with Crippen LogP contribution in [-0.4, -0.2) is 37.0 Å². The summed E-state index contributed by atoms with van der Waals surface area (Å²) >= 11 is 2.20. The molecule has 2 amide bonds. The standard InChI is InChI=1S/C15H17IN2O4/c1-22-15(21)12(8-9-2-4-10(16)5-3-9)18-14(20)11-6-7-13(19)17-11/h2-5,11-12H,6-8H2,1H3,(H,17,19)(H,18,20)/t11-,12+/m0/s1. The van der Waals surface area contributed by atoms with Crippen LogP contribution in [0.15, 0.2) is 24.3 Å². The van der Waals surface area contributed by atoms with Crippen molar-refractivity contribution < 1.29 is 19.1 Å². The fraction of sp³-hybridized carbons (Fsp3) is 0.400. The highest BCUT2D eigenvalue weighted by Crippen LogP contribution is 2.11. The molecule has 6 nitrogen and oxygen atoms in total. The lowest BCUT2D eigenvalue weighted by molar-refractivity contribution is -0.145. The third-order valence-electron chi connectivity index (χ3n) is 3.47. The van der Waals surface area contributed by atoms with Crippen molar-refractivity contribution in [1.29, 1.82) is 0 Å². The second-order valence-electron chi connectivity index (χ2n) is 5.07. The molecule has 2 rings (SSSR count). The molecule has 22 heavy (non-hydrogen) atoms. The summed E-state index contributed by atoms with van der Waals surface area (Å²) in [7, 11) is 1.28. The molecule has 1 aromatic rings. The van der Waals surface area contributed by atoms with Gasteiger partial charge in [-0.05, 0) is 46.7 Å². The molecule has 0 aromatic heterocycles. The molecule has 0 saturated carbocycles. The smallest absolute Gasteiger partial charge is 0.328 e. The number of benzene rings is 1. The molecule has 1 aliphatic heterocycles. The number of carbonyl (C=O) groups is 3.